The Labute approximate surface area is 123 Å². The highest BCUT2D eigenvalue weighted by molar-refractivity contribution is 9.10. The van der Waals surface area contributed by atoms with Crippen molar-refractivity contribution in [3.05, 3.63) is 32.5 Å². The average molecular weight is 349 g/mol. The minimum absolute atomic E-state index is 0.00678. The first-order valence-electron chi connectivity index (χ1n) is 5.94. The second-order valence-corrected chi connectivity index (χ2v) is 5.15. The van der Waals surface area contributed by atoms with Crippen molar-refractivity contribution in [1.29, 1.82) is 0 Å². The van der Waals surface area contributed by atoms with E-state index in [0.717, 1.165) is 12.1 Å². The summed E-state index contributed by atoms with van der Waals surface area (Å²) in [6.07, 6.45) is 0.558. The van der Waals surface area contributed by atoms with Crippen molar-refractivity contribution in [2.75, 3.05) is 11.9 Å². The van der Waals surface area contributed by atoms with Gasteiger partial charge in [-0.3, -0.25) is 14.9 Å². The fraction of sp³-hybridized carbons (Fsp3) is 0.417. The molecule has 0 radical (unpaired) electrons. The number of carboxylic acids is 1. The van der Waals surface area contributed by atoms with E-state index in [1.54, 1.807) is 0 Å². The molecular weight excluding hydrogens is 335 g/mol. The van der Waals surface area contributed by atoms with Gasteiger partial charge in [0.1, 0.15) is 11.5 Å². The summed E-state index contributed by atoms with van der Waals surface area (Å²) in [5.74, 6) is -1.74. The topological polar surface area (TPSA) is 92.5 Å². The highest BCUT2D eigenvalue weighted by Crippen LogP contribution is 2.30. The van der Waals surface area contributed by atoms with Gasteiger partial charge in [-0.25, -0.2) is 4.39 Å². The maximum absolute atomic E-state index is 13.4. The Bertz CT molecular complexity index is 524. The molecule has 0 fully saturated rings. The number of carbonyl (C=O) groups is 1. The molecule has 0 bridgehead atoms. The van der Waals surface area contributed by atoms with E-state index in [1.165, 1.54) is 0 Å². The molecular formula is C12H14BrFN2O4. The summed E-state index contributed by atoms with van der Waals surface area (Å²) in [6, 6.07) is 2.10. The van der Waals surface area contributed by atoms with Crippen LogP contribution in [0.1, 0.15) is 19.8 Å². The fourth-order valence-corrected chi connectivity index (χ4v) is 2.02. The van der Waals surface area contributed by atoms with E-state index in [2.05, 4.69) is 21.2 Å². The SMILES string of the molecule is CCC(CNc1cc(F)c(Br)cc1[N+](=O)[O-])CC(=O)O. The van der Waals surface area contributed by atoms with Crippen molar-refractivity contribution in [2.24, 2.45) is 5.92 Å². The highest BCUT2D eigenvalue weighted by Gasteiger charge is 2.19. The predicted molar refractivity (Wildman–Crippen MR) is 75.3 cm³/mol. The Morgan fingerprint density at radius 2 is 2.25 bits per heavy atom. The van der Waals surface area contributed by atoms with E-state index < -0.39 is 16.7 Å². The molecule has 1 atom stereocenters. The van der Waals surface area contributed by atoms with Gasteiger partial charge in [0.05, 0.1) is 9.40 Å². The molecule has 0 aliphatic carbocycles. The minimum Gasteiger partial charge on any atom is -0.481 e. The quantitative estimate of drug-likeness (QED) is 0.581. The average Bonchev–Trinajstić information content (AvgIpc) is 2.37. The normalized spacial score (nSPS) is 11.9. The number of nitro groups is 1. The van der Waals surface area contributed by atoms with Gasteiger partial charge in [0.25, 0.3) is 5.69 Å². The Balaban J connectivity index is 2.88. The number of benzene rings is 1. The van der Waals surface area contributed by atoms with Gasteiger partial charge in [0, 0.05) is 25.1 Å². The largest absolute Gasteiger partial charge is 0.481 e. The van der Waals surface area contributed by atoms with Gasteiger partial charge in [-0.1, -0.05) is 13.3 Å². The smallest absolute Gasteiger partial charge is 0.303 e. The zero-order chi connectivity index (χ0) is 15.3. The number of nitro benzene ring substituents is 1. The van der Waals surface area contributed by atoms with Gasteiger partial charge >= 0.3 is 5.97 Å². The summed E-state index contributed by atoms with van der Waals surface area (Å²) in [6.45, 7) is 2.05. The predicted octanol–water partition coefficient (Wildman–Crippen LogP) is 3.41. The van der Waals surface area contributed by atoms with E-state index in [1.807, 2.05) is 6.92 Å². The number of hydrogen-bond acceptors (Lipinski definition) is 4. The third kappa shape index (κ3) is 4.44. The minimum atomic E-state index is -0.935. The second-order valence-electron chi connectivity index (χ2n) is 4.29. The molecule has 0 amide bonds. The van der Waals surface area contributed by atoms with E-state index >= 15 is 0 Å². The van der Waals surface area contributed by atoms with E-state index in [9.17, 15) is 19.3 Å². The van der Waals surface area contributed by atoms with Crippen molar-refractivity contribution in [2.45, 2.75) is 19.8 Å². The number of anilines is 1. The molecule has 0 aromatic heterocycles. The molecule has 0 aliphatic heterocycles. The van der Waals surface area contributed by atoms with Crippen molar-refractivity contribution in [3.8, 4) is 0 Å². The first-order valence-corrected chi connectivity index (χ1v) is 6.73. The summed E-state index contributed by atoms with van der Waals surface area (Å²) in [4.78, 5) is 20.9. The van der Waals surface area contributed by atoms with Crippen LogP contribution in [0.3, 0.4) is 0 Å². The molecule has 1 rings (SSSR count). The summed E-state index contributed by atoms with van der Waals surface area (Å²) < 4.78 is 13.4. The maximum atomic E-state index is 13.4. The molecule has 0 aliphatic rings. The van der Waals surface area contributed by atoms with Gasteiger partial charge in [0.15, 0.2) is 0 Å². The standard InChI is InChI=1S/C12H14BrFN2O4/c1-2-7(3-12(17)18)6-15-10-5-9(14)8(13)4-11(10)16(19)20/h4-5,7,15H,2-3,6H2,1H3,(H,17,18). The molecule has 20 heavy (non-hydrogen) atoms. The summed E-state index contributed by atoms with van der Waals surface area (Å²) in [7, 11) is 0. The van der Waals surface area contributed by atoms with Gasteiger partial charge in [-0.05, 0) is 21.8 Å². The third-order valence-corrected chi connectivity index (χ3v) is 3.46. The number of hydrogen-bond donors (Lipinski definition) is 2. The molecule has 0 saturated carbocycles. The first-order chi connectivity index (χ1) is 9.35. The molecule has 0 heterocycles. The van der Waals surface area contributed by atoms with Gasteiger partial charge < -0.3 is 10.4 Å². The summed E-state index contributed by atoms with van der Waals surface area (Å²) >= 11 is 2.89. The first kappa shape index (κ1) is 16.4. The molecule has 110 valence electrons. The van der Waals surface area contributed by atoms with Crippen molar-refractivity contribution in [1.82, 2.24) is 0 Å². The second kappa shape index (κ2) is 7.18. The Morgan fingerprint density at radius 1 is 1.60 bits per heavy atom. The zero-order valence-electron chi connectivity index (χ0n) is 10.7. The zero-order valence-corrected chi connectivity index (χ0v) is 12.3. The molecule has 6 nitrogen and oxygen atoms in total. The lowest BCUT2D eigenvalue weighted by Gasteiger charge is -2.14. The third-order valence-electron chi connectivity index (χ3n) is 2.86. The number of aliphatic carboxylic acids is 1. The van der Waals surface area contributed by atoms with Crippen LogP contribution in [0.2, 0.25) is 0 Å². The van der Waals surface area contributed by atoms with Crippen LogP contribution in [-0.4, -0.2) is 22.5 Å². The summed E-state index contributed by atoms with van der Waals surface area (Å²) in [5, 5.41) is 22.4. The van der Waals surface area contributed by atoms with Crippen LogP contribution in [-0.2, 0) is 4.79 Å². The molecule has 2 N–H and O–H groups in total. The molecule has 0 spiro atoms. The van der Waals surface area contributed by atoms with Gasteiger partial charge in [0.2, 0.25) is 0 Å². The molecule has 1 aromatic rings. The van der Waals surface area contributed by atoms with Gasteiger partial charge in [-0.15, -0.1) is 0 Å². The highest BCUT2D eigenvalue weighted by atomic mass is 79.9. The van der Waals surface area contributed by atoms with Crippen LogP contribution in [0.25, 0.3) is 0 Å². The summed E-state index contributed by atoms with van der Waals surface area (Å²) in [5.41, 5.74) is -0.219. The van der Waals surface area contributed by atoms with E-state index in [0.29, 0.717) is 6.42 Å². The van der Waals surface area contributed by atoms with Crippen LogP contribution in [0.15, 0.2) is 16.6 Å². The number of nitrogens with one attached hydrogen (secondary N) is 1. The van der Waals surface area contributed by atoms with Crippen LogP contribution in [0.5, 0.6) is 0 Å². The molecule has 1 aromatic carbocycles. The van der Waals surface area contributed by atoms with E-state index in [-0.39, 0.29) is 34.7 Å². The van der Waals surface area contributed by atoms with Crippen molar-refractivity contribution in [3.63, 3.8) is 0 Å². The Morgan fingerprint density at radius 3 is 2.75 bits per heavy atom. The van der Waals surface area contributed by atoms with Crippen LogP contribution in [0.4, 0.5) is 15.8 Å². The number of nitrogens with zero attached hydrogens (tertiary/aromatic N) is 1. The monoisotopic (exact) mass is 348 g/mol. The molecule has 8 heteroatoms. The lowest BCUT2D eigenvalue weighted by atomic mass is 10.0. The number of carboxylic acid groups (broad SMARTS) is 1. The lowest BCUT2D eigenvalue weighted by molar-refractivity contribution is -0.384. The van der Waals surface area contributed by atoms with Crippen LogP contribution in [0, 0.1) is 21.8 Å². The lowest BCUT2D eigenvalue weighted by Crippen LogP contribution is -2.17. The van der Waals surface area contributed by atoms with Gasteiger partial charge in [-0.2, -0.15) is 0 Å². The number of rotatable bonds is 7. The van der Waals surface area contributed by atoms with Crippen LogP contribution >= 0.6 is 15.9 Å². The van der Waals surface area contributed by atoms with Crippen LogP contribution < -0.4 is 5.32 Å². The maximum Gasteiger partial charge on any atom is 0.303 e. The molecule has 0 saturated heterocycles. The Kier molecular flexibility index (Phi) is 5.87. The Hall–Kier alpha value is -1.70. The van der Waals surface area contributed by atoms with Crippen molar-refractivity contribution >= 4 is 33.3 Å². The van der Waals surface area contributed by atoms with E-state index in [4.69, 9.17) is 5.11 Å². The van der Waals surface area contributed by atoms with Crippen molar-refractivity contribution < 1.29 is 19.2 Å². The fourth-order valence-electron chi connectivity index (χ4n) is 1.69. The molecule has 1 unspecified atom stereocenters. The number of halogens is 2.